The van der Waals surface area contributed by atoms with Gasteiger partial charge < -0.3 is 4.74 Å². The number of rotatable bonds is 2. The van der Waals surface area contributed by atoms with Crippen molar-refractivity contribution in [2.45, 2.75) is 26.4 Å². The summed E-state index contributed by atoms with van der Waals surface area (Å²) < 4.78 is 5.13. The van der Waals surface area contributed by atoms with Gasteiger partial charge in [-0.2, -0.15) is 5.26 Å². The smallest absolute Gasteiger partial charge is 0.349 e. The molecular weight excluding hydrogens is 250 g/mol. The molecule has 1 aromatic rings. The highest BCUT2D eigenvalue weighted by Crippen LogP contribution is 2.15. The highest BCUT2D eigenvalue weighted by molar-refractivity contribution is 6.30. The Morgan fingerprint density at radius 1 is 1.33 bits per heavy atom. The Morgan fingerprint density at radius 3 is 2.33 bits per heavy atom. The number of carbonyl (C=O) groups is 1. The van der Waals surface area contributed by atoms with Crippen LogP contribution < -0.4 is 0 Å². The van der Waals surface area contributed by atoms with E-state index in [2.05, 4.69) is 0 Å². The third-order valence-corrected chi connectivity index (χ3v) is 2.17. The topological polar surface area (TPSA) is 50.1 Å². The van der Waals surface area contributed by atoms with Crippen molar-refractivity contribution >= 4 is 23.6 Å². The molecule has 0 aliphatic heterocycles. The van der Waals surface area contributed by atoms with E-state index in [1.54, 1.807) is 45.0 Å². The minimum Gasteiger partial charge on any atom is -0.456 e. The number of nitriles is 1. The minimum atomic E-state index is -0.625. The number of ether oxygens (including phenoxy) is 1. The fraction of sp³-hybridized carbons (Fsp3) is 0.286. The van der Waals surface area contributed by atoms with Gasteiger partial charge in [0.05, 0.1) is 0 Å². The Labute approximate surface area is 112 Å². The Morgan fingerprint density at radius 2 is 1.89 bits per heavy atom. The molecule has 0 bridgehead atoms. The normalized spacial score (nSPS) is 11.8. The quantitative estimate of drug-likeness (QED) is 0.465. The monoisotopic (exact) mass is 263 g/mol. The van der Waals surface area contributed by atoms with E-state index < -0.39 is 11.6 Å². The second kappa shape index (κ2) is 5.70. The van der Waals surface area contributed by atoms with E-state index in [0.29, 0.717) is 5.02 Å². The molecule has 18 heavy (non-hydrogen) atoms. The van der Waals surface area contributed by atoms with E-state index in [4.69, 9.17) is 21.6 Å². The van der Waals surface area contributed by atoms with Crippen molar-refractivity contribution < 1.29 is 9.53 Å². The average Bonchev–Trinajstić information content (AvgIpc) is 2.25. The maximum absolute atomic E-state index is 11.7. The lowest BCUT2D eigenvalue weighted by atomic mass is 10.1. The molecular formula is C14H14ClNO2. The number of esters is 1. The fourth-order valence-corrected chi connectivity index (χ4v) is 1.32. The van der Waals surface area contributed by atoms with Gasteiger partial charge in [0.1, 0.15) is 17.2 Å². The summed E-state index contributed by atoms with van der Waals surface area (Å²) in [4.78, 5) is 11.7. The number of nitrogens with zero attached hydrogens (tertiary/aromatic N) is 1. The molecule has 0 amide bonds. The van der Waals surface area contributed by atoms with Gasteiger partial charge in [0.25, 0.3) is 0 Å². The summed E-state index contributed by atoms with van der Waals surface area (Å²) in [5, 5.41) is 9.56. The number of benzene rings is 1. The van der Waals surface area contributed by atoms with Gasteiger partial charge in [0.2, 0.25) is 0 Å². The standard InChI is InChI=1S/C14H14ClNO2/c1-14(2,3)18-13(17)11(9-16)8-10-4-6-12(15)7-5-10/h4-8H,1-3H3. The van der Waals surface area contributed by atoms with Crippen LogP contribution in [0.15, 0.2) is 29.8 Å². The highest BCUT2D eigenvalue weighted by Gasteiger charge is 2.19. The van der Waals surface area contributed by atoms with Crippen molar-refractivity contribution in [1.82, 2.24) is 0 Å². The molecule has 0 heterocycles. The first-order valence-corrected chi connectivity index (χ1v) is 5.80. The van der Waals surface area contributed by atoms with E-state index >= 15 is 0 Å². The van der Waals surface area contributed by atoms with Crippen LogP contribution in [-0.4, -0.2) is 11.6 Å². The van der Waals surface area contributed by atoms with Crippen LogP contribution in [0.1, 0.15) is 26.3 Å². The first-order chi connectivity index (χ1) is 8.31. The zero-order valence-corrected chi connectivity index (χ0v) is 11.3. The van der Waals surface area contributed by atoms with Crippen molar-refractivity contribution in [2.75, 3.05) is 0 Å². The average molecular weight is 264 g/mol. The predicted molar refractivity (Wildman–Crippen MR) is 70.9 cm³/mol. The molecule has 0 spiro atoms. The SMILES string of the molecule is CC(C)(C)OC(=O)C(C#N)=Cc1ccc(Cl)cc1. The van der Waals surface area contributed by atoms with E-state index in [0.717, 1.165) is 5.56 Å². The lowest BCUT2D eigenvalue weighted by molar-refractivity contribution is -0.149. The van der Waals surface area contributed by atoms with Crippen LogP contribution in [0.3, 0.4) is 0 Å². The van der Waals surface area contributed by atoms with Gasteiger partial charge in [0, 0.05) is 5.02 Å². The van der Waals surface area contributed by atoms with Gasteiger partial charge in [-0.05, 0) is 44.5 Å². The summed E-state index contributed by atoms with van der Waals surface area (Å²) in [7, 11) is 0. The molecule has 0 aromatic heterocycles. The first kappa shape index (κ1) is 14.3. The number of carbonyl (C=O) groups excluding carboxylic acids is 1. The van der Waals surface area contributed by atoms with Gasteiger partial charge >= 0.3 is 5.97 Å². The first-order valence-electron chi connectivity index (χ1n) is 5.42. The maximum atomic E-state index is 11.7. The van der Waals surface area contributed by atoms with E-state index in [1.165, 1.54) is 6.08 Å². The molecule has 0 atom stereocenters. The summed E-state index contributed by atoms with van der Waals surface area (Å²) in [6.45, 7) is 5.26. The second-order valence-corrected chi connectivity index (χ2v) is 5.16. The predicted octanol–water partition coefficient (Wildman–Crippen LogP) is 3.59. The van der Waals surface area contributed by atoms with Crippen LogP contribution in [-0.2, 0) is 9.53 Å². The molecule has 0 unspecified atom stereocenters. The fourth-order valence-electron chi connectivity index (χ4n) is 1.20. The van der Waals surface area contributed by atoms with Gasteiger partial charge in [-0.1, -0.05) is 23.7 Å². The van der Waals surface area contributed by atoms with E-state index in [-0.39, 0.29) is 5.57 Å². The third kappa shape index (κ3) is 4.60. The molecule has 4 heteroatoms. The summed E-state index contributed by atoms with van der Waals surface area (Å²) in [6.07, 6.45) is 1.48. The van der Waals surface area contributed by atoms with Gasteiger partial charge in [-0.25, -0.2) is 4.79 Å². The molecule has 0 saturated heterocycles. The summed E-state index contributed by atoms with van der Waals surface area (Å²) in [5.41, 5.74) is 0.0709. The van der Waals surface area contributed by atoms with Gasteiger partial charge in [-0.3, -0.25) is 0 Å². The van der Waals surface area contributed by atoms with Crippen molar-refractivity contribution in [3.63, 3.8) is 0 Å². The Balaban J connectivity index is 2.94. The summed E-state index contributed by atoms with van der Waals surface area (Å²) in [5.74, 6) is -0.625. The van der Waals surface area contributed by atoms with Gasteiger partial charge in [-0.15, -0.1) is 0 Å². The van der Waals surface area contributed by atoms with Crippen LogP contribution in [0.25, 0.3) is 6.08 Å². The molecule has 1 rings (SSSR count). The number of hydrogen-bond donors (Lipinski definition) is 0. The Hall–Kier alpha value is -1.79. The van der Waals surface area contributed by atoms with Crippen molar-refractivity contribution in [3.05, 3.63) is 40.4 Å². The molecule has 3 nitrogen and oxygen atoms in total. The Bertz CT molecular complexity index is 504. The molecule has 0 N–H and O–H groups in total. The second-order valence-electron chi connectivity index (χ2n) is 4.72. The largest absolute Gasteiger partial charge is 0.456 e. The van der Waals surface area contributed by atoms with Crippen LogP contribution in [0.2, 0.25) is 5.02 Å². The summed E-state index contributed by atoms with van der Waals surface area (Å²) >= 11 is 5.75. The molecule has 0 fully saturated rings. The highest BCUT2D eigenvalue weighted by atomic mass is 35.5. The minimum absolute atomic E-state index is 0.0350. The zero-order valence-electron chi connectivity index (χ0n) is 10.5. The maximum Gasteiger partial charge on any atom is 0.349 e. The third-order valence-electron chi connectivity index (χ3n) is 1.92. The van der Waals surface area contributed by atoms with Gasteiger partial charge in [0.15, 0.2) is 0 Å². The molecule has 0 saturated carbocycles. The number of halogens is 1. The molecule has 1 aromatic carbocycles. The summed E-state index contributed by atoms with van der Waals surface area (Å²) in [6, 6.07) is 8.68. The lowest BCUT2D eigenvalue weighted by Gasteiger charge is -2.18. The van der Waals surface area contributed by atoms with Crippen LogP contribution in [0, 0.1) is 11.3 Å². The number of hydrogen-bond acceptors (Lipinski definition) is 3. The molecule has 0 aliphatic carbocycles. The molecule has 0 aliphatic rings. The van der Waals surface area contributed by atoms with Crippen molar-refractivity contribution in [1.29, 1.82) is 5.26 Å². The Kier molecular flexibility index (Phi) is 4.52. The lowest BCUT2D eigenvalue weighted by Crippen LogP contribution is -2.24. The van der Waals surface area contributed by atoms with Crippen LogP contribution in [0.4, 0.5) is 0 Å². The van der Waals surface area contributed by atoms with E-state index in [1.807, 2.05) is 6.07 Å². The van der Waals surface area contributed by atoms with Crippen LogP contribution in [0.5, 0.6) is 0 Å². The van der Waals surface area contributed by atoms with Crippen LogP contribution >= 0.6 is 11.6 Å². The zero-order chi connectivity index (χ0) is 13.8. The van der Waals surface area contributed by atoms with Crippen molar-refractivity contribution in [2.24, 2.45) is 0 Å². The van der Waals surface area contributed by atoms with Crippen molar-refractivity contribution in [3.8, 4) is 6.07 Å². The molecule has 0 radical (unpaired) electrons. The van der Waals surface area contributed by atoms with E-state index in [9.17, 15) is 4.79 Å². The molecule has 94 valence electrons.